The molecule has 0 saturated heterocycles. The molecule has 8 aliphatic carbocycles. The van der Waals surface area contributed by atoms with E-state index in [1.807, 2.05) is 0 Å². The molecule has 7 nitrogen and oxygen atoms in total. The van der Waals surface area contributed by atoms with Crippen LogP contribution in [0.15, 0.2) is 103 Å². The predicted octanol–water partition coefficient (Wildman–Crippen LogP) is 16.6. The summed E-state index contributed by atoms with van der Waals surface area (Å²) in [5.74, 6) is 1.59. The van der Waals surface area contributed by atoms with Crippen molar-refractivity contribution < 1.29 is 34.4 Å². The summed E-state index contributed by atoms with van der Waals surface area (Å²) in [4.78, 5) is 28.1. The van der Waals surface area contributed by atoms with Crippen molar-refractivity contribution in [3.63, 3.8) is 0 Å². The van der Waals surface area contributed by atoms with Crippen LogP contribution in [-0.2, 0) is 30.9 Å². The molecular formula is C76H100O7. The molecule has 6 saturated carbocycles. The minimum Gasteiger partial charge on any atom is -0.462 e. The van der Waals surface area contributed by atoms with Gasteiger partial charge in [-0.05, 0) is 237 Å². The zero-order chi connectivity index (χ0) is 57.5. The molecule has 0 aromatic heterocycles. The first-order valence-corrected chi connectivity index (χ1v) is 33.9. The summed E-state index contributed by atoms with van der Waals surface area (Å²) in [5.41, 5.74) is 5.40. The summed E-state index contributed by atoms with van der Waals surface area (Å²) in [5, 5.41) is 44.8. The Hall–Kier alpha value is -4.30. The highest BCUT2D eigenvalue weighted by molar-refractivity contribution is 5.93. The Kier molecular flexibility index (Phi) is 15.8. The zero-order valence-corrected chi connectivity index (χ0v) is 51.2. The van der Waals surface area contributed by atoms with Gasteiger partial charge in [-0.2, -0.15) is 0 Å². The predicted molar refractivity (Wildman–Crippen MR) is 331 cm³/mol. The average molecular weight is 1130 g/mol. The molecule has 0 bridgehead atoms. The molecule has 18 atom stereocenters. The third-order valence-corrected chi connectivity index (χ3v) is 25.9. The molecule has 0 amide bonds. The molecule has 13 rings (SSSR count). The molecule has 83 heavy (non-hydrogen) atoms. The Bertz CT molecular complexity index is 3020. The molecule has 446 valence electrons. The topological polar surface area (TPSA) is 113 Å². The van der Waals surface area contributed by atoms with Crippen molar-refractivity contribution in [3.8, 4) is 0 Å². The van der Waals surface area contributed by atoms with Gasteiger partial charge >= 0.3 is 11.9 Å². The first-order valence-electron chi connectivity index (χ1n) is 33.9. The van der Waals surface area contributed by atoms with Crippen LogP contribution in [0.1, 0.15) is 234 Å². The van der Waals surface area contributed by atoms with Gasteiger partial charge in [0.05, 0.1) is 29.1 Å². The number of aliphatic hydroxyl groups is 3. The zero-order valence-electron chi connectivity index (χ0n) is 51.2. The van der Waals surface area contributed by atoms with Crippen LogP contribution in [-0.4, -0.2) is 57.8 Å². The minimum atomic E-state index is -1.55. The van der Waals surface area contributed by atoms with Gasteiger partial charge in [-0.1, -0.05) is 158 Å². The summed E-state index contributed by atoms with van der Waals surface area (Å²) < 4.78 is 12.8. The molecule has 1 spiro atoms. The maximum Gasteiger partial charge on any atom is 0.331 e. The molecule has 6 fully saturated rings. The number of hydrogen-bond acceptors (Lipinski definition) is 7. The standard InChI is InChI=1S/C76H100O7/c1-48(2)42-54-22-12-13-26-58(54)71(80)83-63-43-50(4)75(81,41-33-52-44-66(79)82-47-52)76(64(77)32-29-49(3)18-16-21-51-19-8-6-9-20-51)65(78)36-38-72(5,70(63)76)57-35-40-73-39-34-55-46-74(56-24-10-7-11-25-56)37-15-14-28-61(74)60-31-30-53-23-17-27-59(62(73)45-57)67(53)68(60)69(55)73/h6-11,17,19-20,23-25,27,30-31,44,48-50,54-55,57-58,61-65,69-70,77-78,81H,12-16,18,21-22,26,28-29,32-43,45-47H2,1-5H3/t49-,50-,54-,55-,57+,58+,61-,62+,63-,64-,65+,69-,70+,72+,73+,74+,75-,76+/m1/s1. The second-order valence-corrected chi connectivity index (χ2v) is 30.3. The number of esters is 2. The quantitative estimate of drug-likeness (QED) is 0.0903. The number of fused-ring (bicyclic) bond motifs is 4. The highest BCUT2D eigenvalue weighted by Crippen LogP contribution is 2.77. The Morgan fingerprint density at radius 3 is 2.33 bits per heavy atom. The Balaban J connectivity index is 0.913. The third kappa shape index (κ3) is 9.57. The van der Waals surface area contributed by atoms with Gasteiger partial charge in [0, 0.05) is 17.4 Å². The van der Waals surface area contributed by atoms with E-state index in [4.69, 9.17) is 9.47 Å². The summed E-state index contributed by atoms with van der Waals surface area (Å²) in [6.45, 7) is 11.6. The molecule has 0 radical (unpaired) electrons. The van der Waals surface area contributed by atoms with E-state index in [9.17, 15) is 20.1 Å². The first kappa shape index (κ1) is 57.8. The molecule has 4 aromatic carbocycles. The number of ether oxygens (including phenoxy) is 2. The molecular weight excluding hydrogens is 1020 g/mol. The number of carbonyl (C=O) groups excluding carboxylic acids is 2. The van der Waals surface area contributed by atoms with Crippen LogP contribution >= 0.6 is 0 Å². The SMILES string of the molecule is CC(C)C[C@H]1CCCC[C@@H]1C(=O)O[C@@H]1C[C@@H](C)[C@](O)(CCC2=CC(=O)OC2)[C@@]2([C@H](O)CC[C@H](C)CCCc3ccccc3)[C@@H](O)CC[C@@](C)([C@H]3CC[C@]45CC[C@@H]6C[C@]7(c8ccccc8)CCCC[C@@H]7c7ccc8cccc(c8c7[C@@H]64)[C@@H]5C3)[C@H]12. The maximum atomic E-state index is 15.5. The fourth-order valence-electron chi connectivity index (χ4n) is 22.4. The van der Waals surface area contributed by atoms with Gasteiger partial charge in [0.2, 0.25) is 0 Å². The average Bonchev–Trinajstić information content (AvgIpc) is 1.87. The van der Waals surface area contributed by atoms with Gasteiger partial charge in [0.25, 0.3) is 0 Å². The van der Waals surface area contributed by atoms with Crippen molar-refractivity contribution in [2.45, 2.75) is 242 Å². The van der Waals surface area contributed by atoms with Gasteiger partial charge in [0.15, 0.2) is 0 Å². The molecule has 3 N–H and O–H groups in total. The highest BCUT2D eigenvalue weighted by atomic mass is 16.5. The Morgan fingerprint density at radius 2 is 1.54 bits per heavy atom. The lowest BCUT2D eigenvalue weighted by Crippen LogP contribution is -2.77. The number of benzene rings is 4. The van der Waals surface area contributed by atoms with E-state index < -0.39 is 46.6 Å². The van der Waals surface area contributed by atoms with Crippen molar-refractivity contribution in [1.29, 1.82) is 0 Å². The summed E-state index contributed by atoms with van der Waals surface area (Å²) in [6.07, 6.45) is 22.5. The van der Waals surface area contributed by atoms with Crippen molar-refractivity contribution in [1.82, 2.24) is 0 Å². The smallest absolute Gasteiger partial charge is 0.331 e. The lowest BCUT2D eigenvalue weighted by atomic mass is 9.36. The van der Waals surface area contributed by atoms with Crippen LogP contribution in [0.2, 0.25) is 0 Å². The van der Waals surface area contributed by atoms with Crippen molar-refractivity contribution in [3.05, 3.63) is 130 Å². The Morgan fingerprint density at radius 1 is 0.771 bits per heavy atom. The van der Waals surface area contributed by atoms with Crippen LogP contribution in [0, 0.1) is 63.6 Å². The summed E-state index contributed by atoms with van der Waals surface area (Å²) in [6, 6.07) is 34.8. The van der Waals surface area contributed by atoms with E-state index in [1.54, 1.807) is 33.7 Å². The minimum absolute atomic E-state index is 0.101. The first-order chi connectivity index (χ1) is 40.1. The van der Waals surface area contributed by atoms with Gasteiger partial charge in [0.1, 0.15) is 12.7 Å². The van der Waals surface area contributed by atoms with Gasteiger partial charge in [-0.3, -0.25) is 4.79 Å². The largest absolute Gasteiger partial charge is 0.462 e. The molecule has 9 aliphatic rings. The van der Waals surface area contributed by atoms with Crippen LogP contribution in [0.5, 0.6) is 0 Å². The van der Waals surface area contributed by atoms with Crippen LogP contribution < -0.4 is 0 Å². The lowest BCUT2D eigenvalue weighted by Gasteiger charge is -2.71. The third-order valence-electron chi connectivity index (χ3n) is 25.9. The van der Waals surface area contributed by atoms with Crippen molar-refractivity contribution >= 4 is 22.7 Å². The van der Waals surface area contributed by atoms with E-state index in [0.717, 1.165) is 89.0 Å². The number of carbonyl (C=O) groups is 2. The molecule has 1 heterocycles. The van der Waals surface area contributed by atoms with Gasteiger partial charge < -0.3 is 24.8 Å². The fraction of sp³-hybridized carbons (Fsp3) is 0.658. The second-order valence-electron chi connectivity index (χ2n) is 30.3. The summed E-state index contributed by atoms with van der Waals surface area (Å²) in [7, 11) is 0. The molecule has 1 aliphatic heterocycles. The number of aryl methyl sites for hydroxylation is 1. The van der Waals surface area contributed by atoms with Crippen molar-refractivity contribution in [2.24, 2.45) is 63.6 Å². The van der Waals surface area contributed by atoms with E-state index in [2.05, 4.69) is 126 Å². The number of hydrogen-bond donors (Lipinski definition) is 3. The van der Waals surface area contributed by atoms with E-state index >= 15 is 4.79 Å². The van der Waals surface area contributed by atoms with Crippen LogP contribution in [0.3, 0.4) is 0 Å². The van der Waals surface area contributed by atoms with Gasteiger partial charge in [-0.25, -0.2) is 4.79 Å². The number of rotatable bonds is 17. The maximum absolute atomic E-state index is 15.5. The van der Waals surface area contributed by atoms with Crippen LogP contribution in [0.25, 0.3) is 10.8 Å². The highest BCUT2D eigenvalue weighted by Gasteiger charge is 2.75. The normalized spacial score (nSPS) is 38.7. The summed E-state index contributed by atoms with van der Waals surface area (Å²) >= 11 is 0. The van der Waals surface area contributed by atoms with Crippen molar-refractivity contribution in [2.75, 3.05) is 6.61 Å². The lowest BCUT2D eigenvalue weighted by molar-refractivity contribution is -0.328. The van der Waals surface area contributed by atoms with Crippen LogP contribution in [0.4, 0.5) is 0 Å². The van der Waals surface area contributed by atoms with E-state index in [0.29, 0.717) is 61.2 Å². The molecule has 7 heteroatoms. The van der Waals surface area contributed by atoms with E-state index in [-0.39, 0.29) is 53.6 Å². The number of aliphatic hydroxyl groups excluding tert-OH is 2. The number of cyclic esters (lactones) is 1. The fourth-order valence-corrected chi connectivity index (χ4v) is 22.4. The molecule has 0 unspecified atom stereocenters. The monoisotopic (exact) mass is 1120 g/mol. The second kappa shape index (κ2) is 22.8. The van der Waals surface area contributed by atoms with E-state index in [1.165, 1.54) is 55.9 Å². The Labute approximate surface area is 497 Å². The van der Waals surface area contributed by atoms with Gasteiger partial charge in [-0.15, -0.1) is 0 Å². The molecule has 4 aromatic rings.